The quantitative estimate of drug-likeness (QED) is 0.729. The zero-order chi connectivity index (χ0) is 11.1. The number of hydrogen-bond acceptors (Lipinski definition) is 2. The molecule has 84 valence electrons. The number of fused-ring (bicyclic) bond motifs is 3. The Morgan fingerprint density at radius 1 is 1.44 bits per heavy atom. The number of piperazine rings is 1. The summed E-state index contributed by atoms with van der Waals surface area (Å²) < 4.78 is 1.25. The Kier molecular flexibility index (Phi) is 2.63. The largest absolute Gasteiger partial charge is 0.333 e. The van der Waals surface area contributed by atoms with Gasteiger partial charge < -0.3 is 10.2 Å². The van der Waals surface area contributed by atoms with Crippen LogP contribution in [0, 0.1) is 3.57 Å². The van der Waals surface area contributed by atoms with Crippen molar-refractivity contribution in [1.29, 1.82) is 0 Å². The van der Waals surface area contributed by atoms with Crippen LogP contribution >= 0.6 is 22.6 Å². The molecule has 16 heavy (non-hydrogen) atoms. The van der Waals surface area contributed by atoms with Gasteiger partial charge in [0.05, 0.1) is 12.6 Å². The van der Waals surface area contributed by atoms with Gasteiger partial charge in [0, 0.05) is 16.7 Å². The highest BCUT2D eigenvalue weighted by atomic mass is 127. The molecule has 1 aromatic rings. The van der Waals surface area contributed by atoms with Crippen molar-refractivity contribution in [2.45, 2.75) is 12.5 Å². The molecule has 2 aliphatic heterocycles. The second kappa shape index (κ2) is 4.00. The molecule has 1 atom stereocenters. The highest BCUT2D eigenvalue weighted by Crippen LogP contribution is 2.31. The van der Waals surface area contributed by atoms with Gasteiger partial charge >= 0.3 is 0 Å². The average molecular weight is 328 g/mol. The van der Waals surface area contributed by atoms with Crippen molar-refractivity contribution in [3.63, 3.8) is 0 Å². The molecule has 0 saturated carbocycles. The summed E-state index contributed by atoms with van der Waals surface area (Å²) in [5, 5.41) is 3.20. The standard InChI is InChI=1S/C12H13IN2O/c13-9-2-1-8-3-4-15-11(10(8)5-9)6-14-7-12(15)16/h1-2,5,11,14H,3-4,6-7H2. The summed E-state index contributed by atoms with van der Waals surface area (Å²) in [6, 6.07) is 6.81. The molecule has 1 unspecified atom stereocenters. The number of amides is 1. The van der Waals surface area contributed by atoms with Crippen molar-refractivity contribution in [2.75, 3.05) is 19.6 Å². The summed E-state index contributed by atoms with van der Waals surface area (Å²) in [6.45, 7) is 2.26. The molecule has 1 fully saturated rings. The van der Waals surface area contributed by atoms with Gasteiger partial charge in [-0.2, -0.15) is 0 Å². The van der Waals surface area contributed by atoms with Crippen molar-refractivity contribution in [3.05, 3.63) is 32.9 Å². The van der Waals surface area contributed by atoms with Crippen LogP contribution in [0.25, 0.3) is 0 Å². The fraction of sp³-hybridized carbons (Fsp3) is 0.417. The third-order valence-electron chi connectivity index (χ3n) is 3.40. The molecule has 1 amide bonds. The Morgan fingerprint density at radius 2 is 2.31 bits per heavy atom. The maximum atomic E-state index is 11.8. The first-order valence-electron chi connectivity index (χ1n) is 5.54. The van der Waals surface area contributed by atoms with E-state index < -0.39 is 0 Å². The predicted molar refractivity (Wildman–Crippen MR) is 70.2 cm³/mol. The van der Waals surface area contributed by atoms with Crippen molar-refractivity contribution in [3.8, 4) is 0 Å². The van der Waals surface area contributed by atoms with E-state index in [1.807, 2.05) is 4.90 Å². The maximum Gasteiger partial charge on any atom is 0.237 e. The Bertz CT molecular complexity index is 447. The second-order valence-electron chi connectivity index (χ2n) is 4.33. The summed E-state index contributed by atoms with van der Waals surface area (Å²) >= 11 is 2.33. The lowest BCUT2D eigenvalue weighted by Gasteiger charge is -2.40. The van der Waals surface area contributed by atoms with Crippen LogP contribution in [0.5, 0.6) is 0 Å². The van der Waals surface area contributed by atoms with Crippen LogP contribution in [0.4, 0.5) is 0 Å². The van der Waals surface area contributed by atoms with Crippen molar-refractivity contribution >= 4 is 28.5 Å². The number of carbonyl (C=O) groups excluding carboxylic acids is 1. The Morgan fingerprint density at radius 3 is 3.19 bits per heavy atom. The number of benzene rings is 1. The number of hydrogen-bond donors (Lipinski definition) is 1. The van der Waals surface area contributed by atoms with E-state index in [1.54, 1.807) is 0 Å². The third kappa shape index (κ3) is 1.64. The first-order valence-corrected chi connectivity index (χ1v) is 6.62. The molecule has 1 saturated heterocycles. The normalized spacial score (nSPS) is 23.9. The summed E-state index contributed by atoms with van der Waals surface area (Å²) in [5.74, 6) is 0.237. The van der Waals surface area contributed by atoms with E-state index in [9.17, 15) is 4.79 Å². The fourth-order valence-corrected chi connectivity index (χ4v) is 3.12. The summed E-state index contributed by atoms with van der Waals surface area (Å²) in [5.41, 5.74) is 2.73. The minimum Gasteiger partial charge on any atom is -0.333 e. The van der Waals surface area contributed by atoms with E-state index in [0.29, 0.717) is 6.54 Å². The molecule has 1 N–H and O–H groups in total. The number of rotatable bonds is 0. The minimum absolute atomic E-state index is 0.237. The van der Waals surface area contributed by atoms with E-state index in [-0.39, 0.29) is 11.9 Å². The summed E-state index contributed by atoms with van der Waals surface area (Å²) in [4.78, 5) is 13.8. The molecular formula is C12H13IN2O. The molecule has 3 rings (SSSR count). The Labute approximate surface area is 108 Å². The highest BCUT2D eigenvalue weighted by molar-refractivity contribution is 14.1. The smallest absolute Gasteiger partial charge is 0.237 e. The average Bonchev–Trinajstić information content (AvgIpc) is 2.29. The first-order chi connectivity index (χ1) is 7.75. The van der Waals surface area contributed by atoms with Crippen LogP contribution in [0.2, 0.25) is 0 Å². The molecule has 2 heterocycles. The van der Waals surface area contributed by atoms with Gasteiger partial charge in [-0.1, -0.05) is 6.07 Å². The van der Waals surface area contributed by atoms with Gasteiger partial charge in [-0.15, -0.1) is 0 Å². The SMILES string of the molecule is O=C1CNCC2c3cc(I)ccc3CCN12. The van der Waals surface area contributed by atoms with Crippen LogP contribution in [-0.2, 0) is 11.2 Å². The lowest BCUT2D eigenvalue weighted by molar-refractivity contribution is -0.135. The van der Waals surface area contributed by atoms with Crippen LogP contribution < -0.4 is 5.32 Å². The number of carbonyl (C=O) groups is 1. The predicted octanol–water partition coefficient (Wildman–Crippen LogP) is 1.32. The van der Waals surface area contributed by atoms with Gasteiger partial charge in [0.2, 0.25) is 5.91 Å². The number of nitrogens with one attached hydrogen (secondary N) is 1. The first kappa shape index (κ1) is 10.5. The van der Waals surface area contributed by atoms with Crippen molar-refractivity contribution in [1.82, 2.24) is 10.2 Å². The number of nitrogens with zero attached hydrogens (tertiary/aromatic N) is 1. The van der Waals surface area contributed by atoms with Crippen molar-refractivity contribution < 1.29 is 4.79 Å². The van der Waals surface area contributed by atoms with Gasteiger partial charge in [0.1, 0.15) is 0 Å². The van der Waals surface area contributed by atoms with E-state index >= 15 is 0 Å². The molecule has 0 radical (unpaired) electrons. The highest BCUT2D eigenvalue weighted by Gasteiger charge is 2.33. The maximum absolute atomic E-state index is 11.8. The molecule has 0 aromatic heterocycles. The van der Waals surface area contributed by atoms with Gasteiger partial charge in [0.25, 0.3) is 0 Å². The van der Waals surface area contributed by atoms with Crippen LogP contribution in [0.15, 0.2) is 18.2 Å². The minimum atomic E-state index is 0.237. The molecule has 4 heteroatoms. The zero-order valence-corrected chi connectivity index (χ0v) is 11.0. The van der Waals surface area contributed by atoms with Gasteiger partial charge in [0.15, 0.2) is 0 Å². The van der Waals surface area contributed by atoms with Gasteiger partial charge in [-0.05, 0) is 52.3 Å². The lowest BCUT2D eigenvalue weighted by Crippen LogP contribution is -2.52. The molecule has 0 bridgehead atoms. The number of halogens is 1. The van der Waals surface area contributed by atoms with Gasteiger partial charge in [-0.3, -0.25) is 4.79 Å². The van der Waals surface area contributed by atoms with E-state index in [4.69, 9.17) is 0 Å². The molecular weight excluding hydrogens is 315 g/mol. The van der Waals surface area contributed by atoms with E-state index in [0.717, 1.165) is 19.5 Å². The molecule has 0 aliphatic carbocycles. The monoisotopic (exact) mass is 328 g/mol. The molecule has 2 aliphatic rings. The summed E-state index contributed by atoms with van der Waals surface area (Å²) in [6.07, 6.45) is 0.995. The zero-order valence-electron chi connectivity index (χ0n) is 8.87. The Balaban J connectivity index is 2.04. The van der Waals surface area contributed by atoms with E-state index in [2.05, 4.69) is 46.1 Å². The van der Waals surface area contributed by atoms with Crippen LogP contribution in [-0.4, -0.2) is 30.4 Å². The van der Waals surface area contributed by atoms with E-state index in [1.165, 1.54) is 14.7 Å². The summed E-state index contributed by atoms with van der Waals surface area (Å²) in [7, 11) is 0. The Hall–Kier alpha value is -0.620. The molecule has 1 aromatic carbocycles. The van der Waals surface area contributed by atoms with Crippen LogP contribution in [0.1, 0.15) is 17.2 Å². The van der Waals surface area contributed by atoms with Crippen LogP contribution in [0.3, 0.4) is 0 Å². The molecule has 3 nitrogen and oxygen atoms in total. The third-order valence-corrected chi connectivity index (χ3v) is 4.07. The molecule has 0 spiro atoms. The van der Waals surface area contributed by atoms with Gasteiger partial charge in [-0.25, -0.2) is 0 Å². The lowest BCUT2D eigenvalue weighted by atomic mass is 9.91. The van der Waals surface area contributed by atoms with Crippen molar-refractivity contribution in [2.24, 2.45) is 0 Å². The second-order valence-corrected chi connectivity index (χ2v) is 5.57. The fourth-order valence-electron chi connectivity index (χ4n) is 2.60. The topological polar surface area (TPSA) is 32.3 Å².